The zero-order valence-corrected chi connectivity index (χ0v) is 34.3. The van der Waals surface area contributed by atoms with E-state index in [0.717, 1.165) is 51.4 Å². The van der Waals surface area contributed by atoms with E-state index in [1.807, 2.05) is 20.8 Å². The van der Waals surface area contributed by atoms with Crippen LogP contribution in [0.1, 0.15) is 122 Å². The van der Waals surface area contributed by atoms with Crippen LogP contribution in [0.2, 0.25) is 0 Å². The molecule has 2 heterocycles. The van der Waals surface area contributed by atoms with Crippen molar-refractivity contribution >= 4 is 62.2 Å². The molecule has 5 N–H and O–H groups in total. The van der Waals surface area contributed by atoms with Crippen LogP contribution in [0, 0.1) is 27.6 Å². The third-order valence-electron chi connectivity index (χ3n) is 14.1. The van der Waals surface area contributed by atoms with Gasteiger partial charge >= 0.3 is 0 Å². The summed E-state index contributed by atoms with van der Waals surface area (Å²) >= 11 is 2.07. The molecule has 1 aromatic rings. The van der Waals surface area contributed by atoms with Gasteiger partial charge in [0.1, 0.15) is 23.7 Å². The Morgan fingerprint density at radius 2 is 1.62 bits per heavy atom. The monoisotopic (exact) mass is 867 g/mol. The van der Waals surface area contributed by atoms with Crippen LogP contribution in [0.4, 0.5) is 0 Å². The van der Waals surface area contributed by atoms with E-state index in [4.69, 9.17) is 0 Å². The van der Waals surface area contributed by atoms with Gasteiger partial charge in [-0.2, -0.15) is 5.10 Å². The average Bonchev–Trinajstić information content (AvgIpc) is 3.97. The van der Waals surface area contributed by atoms with E-state index in [2.05, 4.69) is 67.3 Å². The molecular formula is C37H54IN7O7S. The van der Waals surface area contributed by atoms with E-state index in [1.54, 1.807) is 4.90 Å². The first-order chi connectivity index (χ1) is 24.8. The number of alkyl halides is 1. The van der Waals surface area contributed by atoms with Gasteiger partial charge in [0.25, 0.3) is 11.8 Å². The molecule has 1 aliphatic heterocycles. The second kappa shape index (κ2) is 13.2. The Hall–Kier alpha value is -2.76. The topological polar surface area (TPSA) is 200 Å². The number of fused-ring (bicyclic) bond motifs is 1. The molecule has 53 heavy (non-hydrogen) atoms. The number of hydrogen-bond acceptors (Lipinski definition) is 8. The number of halogens is 1. The standard InChI is InChI=1S/C37H54IN7O7S/c1-33(2,3)27(42-30(48)26(21-10-7-6-8-11-21)41-28(46)22-18-39-40-19-22)31(49)45-20-36(34(4,5)35(36)14-9-15-35)16-24(45)29(47)43-37(17-25(37)38)32(50)44-53(51,52)23-12-13-23/h18-19,21,23-27H,6-17,20H2,1-5H3,(H,39,40)(H,41,46)(H,42,48)(H,43,47)(H,44,50)/t24-,25-,26-,27+,36+,37-/m0/s1. The number of H-pyrrole nitrogens is 1. The van der Waals surface area contributed by atoms with E-state index in [-0.39, 0.29) is 38.4 Å². The van der Waals surface area contributed by atoms with Crippen molar-refractivity contribution in [2.75, 3.05) is 6.54 Å². The lowest BCUT2D eigenvalue weighted by molar-refractivity contribution is -0.145. The fraction of sp³-hybridized carbons (Fsp3) is 0.784. The van der Waals surface area contributed by atoms with E-state index < -0.39 is 68.0 Å². The van der Waals surface area contributed by atoms with Crippen LogP contribution in [-0.2, 0) is 29.2 Å². The summed E-state index contributed by atoms with van der Waals surface area (Å²) in [6, 6.07) is -2.83. The Morgan fingerprint density at radius 1 is 0.962 bits per heavy atom. The van der Waals surface area contributed by atoms with Gasteiger partial charge in [-0.25, -0.2) is 8.42 Å². The molecule has 6 atom stereocenters. The predicted molar refractivity (Wildman–Crippen MR) is 204 cm³/mol. The van der Waals surface area contributed by atoms with Gasteiger partial charge in [0.2, 0.25) is 27.7 Å². The highest BCUT2D eigenvalue weighted by atomic mass is 127. The van der Waals surface area contributed by atoms with E-state index >= 15 is 4.79 Å². The fourth-order valence-electron chi connectivity index (χ4n) is 10.2. The first-order valence-electron chi connectivity index (χ1n) is 19.2. The maximum atomic E-state index is 15.0. The van der Waals surface area contributed by atoms with Crippen molar-refractivity contribution in [1.29, 1.82) is 0 Å². The molecule has 1 aromatic heterocycles. The first kappa shape index (κ1) is 38.5. The summed E-state index contributed by atoms with van der Waals surface area (Å²) in [5, 5.41) is 14.8. The lowest BCUT2D eigenvalue weighted by atomic mass is 9.73. The molecule has 5 amide bonds. The summed E-state index contributed by atoms with van der Waals surface area (Å²) < 4.78 is 27.3. The largest absolute Gasteiger partial charge is 0.342 e. The number of aromatic nitrogens is 2. The molecule has 0 aromatic carbocycles. The number of nitrogens with zero attached hydrogens (tertiary/aromatic N) is 2. The third-order valence-corrected chi connectivity index (χ3v) is 17.4. The number of sulfonamides is 1. The summed E-state index contributed by atoms with van der Waals surface area (Å²) in [5.74, 6) is -2.61. The zero-order chi connectivity index (χ0) is 38.4. The van der Waals surface area contributed by atoms with Gasteiger partial charge in [-0.05, 0) is 73.5 Å². The van der Waals surface area contributed by atoms with E-state index in [0.29, 0.717) is 31.4 Å². The van der Waals surface area contributed by atoms with Gasteiger partial charge in [-0.3, -0.25) is 33.8 Å². The minimum Gasteiger partial charge on any atom is -0.342 e. The molecule has 1 saturated heterocycles. The predicted octanol–water partition coefficient (Wildman–Crippen LogP) is 3.09. The number of amides is 5. The summed E-state index contributed by atoms with van der Waals surface area (Å²) in [6.07, 6.45) is 12.1. The Labute approximate surface area is 325 Å². The molecule has 5 saturated carbocycles. The van der Waals surface area contributed by atoms with Gasteiger partial charge < -0.3 is 20.9 Å². The van der Waals surface area contributed by atoms with Gasteiger partial charge in [0, 0.05) is 22.1 Å². The molecule has 16 heteroatoms. The highest BCUT2D eigenvalue weighted by Gasteiger charge is 2.85. The second-order valence-corrected chi connectivity index (χ2v) is 21.7. The highest BCUT2D eigenvalue weighted by Crippen LogP contribution is 2.88. The SMILES string of the molecule is CC(C)(C)[C@H](NC(=O)[C@@H](NC(=O)c1cn[nH]c1)C1CCCCC1)C(=O)N1C[C@]2(C[C@H]1C(=O)N[C@@]1(C(=O)NS(=O)(=O)C3CC3)C[C@@H]1I)C(C)(C)C21CCC1. The number of rotatable bonds is 11. The van der Waals surface area contributed by atoms with Crippen LogP contribution < -0.4 is 20.7 Å². The van der Waals surface area contributed by atoms with Crippen molar-refractivity contribution < 1.29 is 32.4 Å². The van der Waals surface area contributed by atoms with Crippen molar-refractivity contribution in [3.05, 3.63) is 18.0 Å². The number of likely N-dealkylation sites (tertiary alicyclic amines) is 1. The van der Waals surface area contributed by atoms with Gasteiger partial charge in [0.15, 0.2) is 0 Å². The molecule has 0 unspecified atom stereocenters. The Kier molecular flexibility index (Phi) is 9.58. The van der Waals surface area contributed by atoms with Crippen LogP contribution in [0.15, 0.2) is 12.4 Å². The fourth-order valence-corrected chi connectivity index (χ4v) is 12.7. The van der Waals surface area contributed by atoms with Crippen molar-refractivity contribution in [3.63, 3.8) is 0 Å². The average molecular weight is 868 g/mol. The Bertz CT molecular complexity index is 1780. The van der Waals surface area contributed by atoms with Gasteiger partial charge in [-0.15, -0.1) is 0 Å². The van der Waals surface area contributed by atoms with Gasteiger partial charge in [0.05, 0.1) is 17.0 Å². The molecule has 6 aliphatic rings. The van der Waals surface area contributed by atoms with Crippen LogP contribution in [0.25, 0.3) is 0 Å². The van der Waals surface area contributed by atoms with E-state index in [9.17, 15) is 27.6 Å². The minimum absolute atomic E-state index is 0.00371. The maximum absolute atomic E-state index is 15.0. The van der Waals surface area contributed by atoms with Crippen LogP contribution >= 0.6 is 22.6 Å². The number of carbonyl (C=O) groups is 5. The van der Waals surface area contributed by atoms with Crippen molar-refractivity contribution in [2.45, 2.75) is 145 Å². The third kappa shape index (κ3) is 6.38. The minimum atomic E-state index is -3.83. The molecule has 292 valence electrons. The first-order valence-corrected chi connectivity index (χ1v) is 22.0. The summed E-state index contributed by atoms with van der Waals surface area (Å²) in [4.78, 5) is 72.1. The number of carbonyl (C=O) groups excluding carboxylic acids is 5. The molecule has 14 nitrogen and oxygen atoms in total. The molecule has 0 bridgehead atoms. The van der Waals surface area contributed by atoms with Crippen molar-refractivity contribution in [2.24, 2.45) is 27.6 Å². The number of hydrogen-bond donors (Lipinski definition) is 5. The highest BCUT2D eigenvalue weighted by molar-refractivity contribution is 14.1. The molecule has 6 fully saturated rings. The summed E-state index contributed by atoms with van der Waals surface area (Å²) in [7, 11) is -3.83. The van der Waals surface area contributed by atoms with Crippen LogP contribution in [-0.4, -0.2) is 92.4 Å². The van der Waals surface area contributed by atoms with Crippen molar-refractivity contribution in [3.8, 4) is 0 Å². The molecule has 2 spiro atoms. The number of nitrogens with one attached hydrogen (secondary N) is 5. The van der Waals surface area contributed by atoms with E-state index in [1.165, 1.54) is 12.4 Å². The van der Waals surface area contributed by atoms with Crippen LogP contribution in [0.5, 0.6) is 0 Å². The normalized spacial score (nSPS) is 31.2. The second-order valence-electron chi connectivity index (χ2n) is 18.3. The number of aromatic amines is 1. The van der Waals surface area contributed by atoms with Crippen molar-refractivity contribution in [1.82, 2.24) is 35.8 Å². The molecular weight excluding hydrogens is 813 g/mol. The molecule has 0 radical (unpaired) electrons. The summed E-state index contributed by atoms with van der Waals surface area (Å²) in [6.45, 7) is 10.4. The van der Waals surface area contributed by atoms with Gasteiger partial charge in [-0.1, -0.05) is 82.9 Å². The quantitative estimate of drug-likeness (QED) is 0.165. The lowest BCUT2D eigenvalue weighted by Crippen LogP contribution is -2.62. The smallest absolute Gasteiger partial charge is 0.260 e. The van der Waals surface area contributed by atoms with Crippen LogP contribution in [0.3, 0.4) is 0 Å². The Balaban J connectivity index is 1.15. The zero-order valence-electron chi connectivity index (χ0n) is 31.3. The maximum Gasteiger partial charge on any atom is 0.260 e. The lowest BCUT2D eigenvalue weighted by Gasteiger charge is -2.38. The molecule has 5 aliphatic carbocycles. The molecule has 7 rings (SSSR count). The summed E-state index contributed by atoms with van der Waals surface area (Å²) in [5.41, 5.74) is -2.31. The Morgan fingerprint density at radius 3 is 2.13 bits per heavy atom.